The zero-order valence-corrected chi connectivity index (χ0v) is 15.0. The van der Waals surface area contributed by atoms with Crippen LogP contribution in [-0.2, 0) is 28.6 Å². The highest BCUT2D eigenvalue weighted by molar-refractivity contribution is 5.75. The Balaban J connectivity index is 3.69. The molecule has 0 saturated carbocycles. The second-order valence-corrected chi connectivity index (χ2v) is 6.26. The standard InChI is InChI=1S/C17H30O6/c1-6-17(3,4)16(20)23-12-8-11-22-14(18)10-7-9-13(2)15(19)21-5/h13H,6-12H2,1-5H3. The topological polar surface area (TPSA) is 78.9 Å². The maximum atomic E-state index is 11.7. The molecule has 6 nitrogen and oxygen atoms in total. The summed E-state index contributed by atoms with van der Waals surface area (Å²) in [4.78, 5) is 34.4. The van der Waals surface area contributed by atoms with Crippen molar-refractivity contribution in [1.82, 2.24) is 0 Å². The van der Waals surface area contributed by atoms with E-state index in [1.165, 1.54) is 7.11 Å². The van der Waals surface area contributed by atoms with Gasteiger partial charge in [0.05, 0.1) is 31.7 Å². The Morgan fingerprint density at radius 2 is 1.65 bits per heavy atom. The molecule has 6 heteroatoms. The van der Waals surface area contributed by atoms with Gasteiger partial charge in [-0.15, -0.1) is 0 Å². The van der Waals surface area contributed by atoms with Crippen molar-refractivity contribution >= 4 is 17.9 Å². The van der Waals surface area contributed by atoms with Gasteiger partial charge in [0.25, 0.3) is 0 Å². The smallest absolute Gasteiger partial charge is 0.311 e. The predicted molar refractivity (Wildman–Crippen MR) is 85.6 cm³/mol. The van der Waals surface area contributed by atoms with Crippen molar-refractivity contribution in [2.75, 3.05) is 20.3 Å². The van der Waals surface area contributed by atoms with Gasteiger partial charge in [-0.05, 0) is 33.1 Å². The van der Waals surface area contributed by atoms with Crippen LogP contribution in [-0.4, -0.2) is 38.2 Å². The Morgan fingerprint density at radius 3 is 2.22 bits per heavy atom. The average molecular weight is 330 g/mol. The van der Waals surface area contributed by atoms with Crippen molar-refractivity contribution in [2.24, 2.45) is 11.3 Å². The number of carbonyl (C=O) groups is 3. The van der Waals surface area contributed by atoms with Crippen LogP contribution < -0.4 is 0 Å². The third-order valence-corrected chi connectivity index (χ3v) is 3.84. The largest absolute Gasteiger partial charge is 0.469 e. The van der Waals surface area contributed by atoms with Gasteiger partial charge in [-0.25, -0.2) is 0 Å². The molecule has 0 aliphatic heterocycles. The molecule has 134 valence electrons. The minimum absolute atomic E-state index is 0.214. The van der Waals surface area contributed by atoms with Gasteiger partial charge in [-0.2, -0.15) is 0 Å². The summed E-state index contributed by atoms with van der Waals surface area (Å²) in [6.07, 6.45) is 2.63. The van der Waals surface area contributed by atoms with Crippen LogP contribution >= 0.6 is 0 Å². The maximum absolute atomic E-state index is 11.7. The molecule has 0 fully saturated rings. The lowest BCUT2D eigenvalue weighted by Gasteiger charge is -2.20. The summed E-state index contributed by atoms with van der Waals surface area (Å²) in [5.41, 5.74) is -0.479. The Morgan fingerprint density at radius 1 is 1.04 bits per heavy atom. The quantitative estimate of drug-likeness (QED) is 0.329. The first-order chi connectivity index (χ1) is 10.7. The van der Waals surface area contributed by atoms with E-state index >= 15 is 0 Å². The zero-order valence-electron chi connectivity index (χ0n) is 15.0. The van der Waals surface area contributed by atoms with E-state index in [4.69, 9.17) is 9.47 Å². The van der Waals surface area contributed by atoms with E-state index in [2.05, 4.69) is 4.74 Å². The fourth-order valence-electron chi connectivity index (χ4n) is 1.69. The van der Waals surface area contributed by atoms with E-state index in [9.17, 15) is 14.4 Å². The van der Waals surface area contributed by atoms with Crippen LogP contribution in [0.15, 0.2) is 0 Å². The normalized spacial score (nSPS) is 12.4. The van der Waals surface area contributed by atoms with Gasteiger partial charge in [-0.3, -0.25) is 14.4 Å². The van der Waals surface area contributed by atoms with Gasteiger partial charge in [0.1, 0.15) is 0 Å². The van der Waals surface area contributed by atoms with Crippen molar-refractivity contribution in [3.63, 3.8) is 0 Å². The first-order valence-electron chi connectivity index (χ1n) is 8.15. The van der Waals surface area contributed by atoms with Gasteiger partial charge in [0.2, 0.25) is 0 Å². The van der Waals surface area contributed by atoms with E-state index in [0.29, 0.717) is 25.7 Å². The SMILES string of the molecule is CCC(C)(C)C(=O)OCCCOC(=O)CCCC(C)C(=O)OC. The van der Waals surface area contributed by atoms with Gasteiger partial charge >= 0.3 is 17.9 Å². The molecule has 0 heterocycles. The van der Waals surface area contributed by atoms with E-state index in [1.54, 1.807) is 6.92 Å². The van der Waals surface area contributed by atoms with Crippen LogP contribution in [0.1, 0.15) is 59.8 Å². The molecule has 0 saturated heterocycles. The Kier molecular flexibility index (Phi) is 10.3. The number of hydrogen-bond donors (Lipinski definition) is 0. The van der Waals surface area contributed by atoms with Crippen LogP contribution in [0.2, 0.25) is 0 Å². The fourth-order valence-corrected chi connectivity index (χ4v) is 1.69. The molecule has 0 aromatic heterocycles. The molecule has 23 heavy (non-hydrogen) atoms. The van der Waals surface area contributed by atoms with Gasteiger partial charge in [0.15, 0.2) is 0 Å². The number of methoxy groups -OCH3 is 1. The molecule has 0 rings (SSSR count). The molecule has 0 aliphatic rings. The first kappa shape index (κ1) is 21.4. The Bertz CT molecular complexity index is 389. The lowest BCUT2D eigenvalue weighted by molar-refractivity contribution is -0.155. The average Bonchev–Trinajstić information content (AvgIpc) is 2.53. The molecule has 0 radical (unpaired) electrons. The summed E-state index contributed by atoms with van der Waals surface area (Å²) in [7, 11) is 1.35. The Labute approximate surface area is 138 Å². The zero-order chi connectivity index (χ0) is 17.9. The van der Waals surface area contributed by atoms with Crippen LogP contribution in [0, 0.1) is 11.3 Å². The summed E-state index contributed by atoms with van der Waals surface area (Å²) in [6, 6.07) is 0. The van der Waals surface area contributed by atoms with Crippen LogP contribution in [0.3, 0.4) is 0 Å². The van der Waals surface area contributed by atoms with Crippen LogP contribution in [0.5, 0.6) is 0 Å². The molecular weight excluding hydrogens is 300 g/mol. The Hall–Kier alpha value is -1.59. The van der Waals surface area contributed by atoms with Crippen LogP contribution in [0.25, 0.3) is 0 Å². The highest BCUT2D eigenvalue weighted by Crippen LogP contribution is 2.21. The minimum Gasteiger partial charge on any atom is -0.469 e. The molecule has 0 aliphatic carbocycles. The molecular formula is C17H30O6. The summed E-state index contributed by atoms with van der Waals surface area (Å²) >= 11 is 0. The van der Waals surface area contributed by atoms with Crippen molar-refractivity contribution in [3.8, 4) is 0 Å². The predicted octanol–water partition coefficient (Wildman–Crippen LogP) is 2.88. The second-order valence-electron chi connectivity index (χ2n) is 6.26. The van der Waals surface area contributed by atoms with Gasteiger partial charge < -0.3 is 14.2 Å². The number of ether oxygens (including phenoxy) is 3. The van der Waals surface area contributed by atoms with Gasteiger partial charge in [-0.1, -0.05) is 13.8 Å². The van der Waals surface area contributed by atoms with Gasteiger partial charge in [0, 0.05) is 12.8 Å². The molecule has 0 bridgehead atoms. The van der Waals surface area contributed by atoms with E-state index in [-0.39, 0.29) is 43.5 Å². The fraction of sp³-hybridized carbons (Fsp3) is 0.824. The molecule has 0 aromatic carbocycles. The second kappa shape index (κ2) is 11.0. The summed E-state index contributed by atoms with van der Waals surface area (Å²) in [5, 5.41) is 0. The summed E-state index contributed by atoms with van der Waals surface area (Å²) in [5.74, 6) is -1.02. The molecule has 0 spiro atoms. The number of rotatable bonds is 11. The maximum Gasteiger partial charge on any atom is 0.311 e. The highest BCUT2D eigenvalue weighted by Gasteiger charge is 2.26. The van der Waals surface area contributed by atoms with Crippen LogP contribution in [0.4, 0.5) is 0 Å². The monoisotopic (exact) mass is 330 g/mol. The lowest BCUT2D eigenvalue weighted by Crippen LogP contribution is -2.26. The molecule has 1 atom stereocenters. The molecule has 0 amide bonds. The molecule has 0 aromatic rings. The third-order valence-electron chi connectivity index (χ3n) is 3.84. The molecule has 1 unspecified atom stereocenters. The summed E-state index contributed by atoms with van der Waals surface area (Å²) in [6.45, 7) is 7.85. The van der Waals surface area contributed by atoms with Crippen molar-refractivity contribution in [2.45, 2.75) is 59.8 Å². The minimum atomic E-state index is -0.479. The number of hydrogen-bond acceptors (Lipinski definition) is 6. The third kappa shape index (κ3) is 9.21. The van der Waals surface area contributed by atoms with E-state index < -0.39 is 5.41 Å². The molecule has 0 N–H and O–H groups in total. The van der Waals surface area contributed by atoms with Crippen molar-refractivity contribution < 1.29 is 28.6 Å². The van der Waals surface area contributed by atoms with Crippen molar-refractivity contribution in [3.05, 3.63) is 0 Å². The lowest BCUT2D eigenvalue weighted by atomic mass is 9.91. The first-order valence-corrected chi connectivity index (χ1v) is 8.15. The van der Waals surface area contributed by atoms with E-state index in [0.717, 1.165) is 0 Å². The van der Waals surface area contributed by atoms with E-state index in [1.807, 2.05) is 20.8 Å². The van der Waals surface area contributed by atoms with Crippen molar-refractivity contribution in [1.29, 1.82) is 0 Å². The number of carbonyl (C=O) groups excluding carboxylic acids is 3. The summed E-state index contributed by atoms with van der Waals surface area (Å²) < 4.78 is 14.8. The highest BCUT2D eigenvalue weighted by atomic mass is 16.5. The number of esters is 3.